The van der Waals surface area contributed by atoms with E-state index in [1.165, 1.54) is 5.56 Å². The van der Waals surface area contributed by atoms with E-state index in [1.807, 2.05) is 53.0 Å². The number of Topliss-reactive ketones (excluding diaryl/α,β-unsaturated/α-hetero) is 1. The summed E-state index contributed by atoms with van der Waals surface area (Å²) in [5.74, 6) is 0.183. The van der Waals surface area contributed by atoms with E-state index in [0.717, 1.165) is 40.9 Å². The smallest absolute Gasteiger partial charge is 0.254 e. The van der Waals surface area contributed by atoms with Gasteiger partial charge in [0.05, 0.1) is 11.4 Å². The highest BCUT2D eigenvalue weighted by atomic mass is 16.2. The van der Waals surface area contributed by atoms with Crippen LogP contribution in [0.2, 0.25) is 0 Å². The highest BCUT2D eigenvalue weighted by molar-refractivity contribution is 6.05. The van der Waals surface area contributed by atoms with Gasteiger partial charge in [-0.1, -0.05) is 42.5 Å². The van der Waals surface area contributed by atoms with Gasteiger partial charge in [0.15, 0.2) is 5.78 Å². The summed E-state index contributed by atoms with van der Waals surface area (Å²) in [7, 11) is 1.99. The molecule has 2 aromatic carbocycles. The van der Waals surface area contributed by atoms with Crippen LogP contribution in [0.5, 0.6) is 0 Å². The highest BCUT2D eigenvalue weighted by Gasteiger charge is 2.29. The lowest BCUT2D eigenvalue weighted by Crippen LogP contribution is -2.34. The van der Waals surface area contributed by atoms with Crippen molar-refractivity contribution in [3.63, 3.8) is 0 Å². The van der Waals surface area contributed by atoms with Crippen molar-refractivity contribution < 1.29 is 9.59 Å². The lowest BCUT2D eigenvalue weighted by molar-refractivity contribution is 0.0761. The molecule has 5 heteroatoms. The van der Waals surface area contributed by atoms with Gasteiger partial charge in [-0.3, -0.25) is 14.3 Å². The van der Waals surface area contributed by atoms with E-state index in [9.17, 15) is 9.59 Å². The summed E-state index contributed by atoms with van der Waals surface area (Å²) in [5.41, 5.74) is 6.95. The zero-order chi connectivity index (χ0) is 20.0. The molecule has 0 spiro atoms. The minimum absolute atomic E-state index is 0.0346. The van der Waals surface area contributed by atoms with E-state index in [0.29, 0.717) is 31.5 Å². The molecule has 5 rings (SSSR count). The van der Waals surface area contributed by atoms with E-state index < -0.39 is 0 Å². The largest absolute Gasteiger partial charge is 0.338 e. The Balaban J connectivity index is 1.43. The van der Waals surface area contributed by atoms with Gasteiger partial charge in [0.1, 0.15) is 0 Å². The van der Waals surface area contributed by atoms with Crippen molar-refractivity contribution in [2.75, 3.05) is 13.1 Å². The summed E-state index contributed by atoms with van der Waals surface area (Å²) < 4.78 is 1.97. The number of benzene rings is 2. The van der Waals surface area contributed by atoms with Gasteiger partial charge in [-0.2, -0.15) is 5.10 Å². The predicted molar refractivity (Wildman–Crippen MR) is 111 cm³/mol. The Labute approximate surface area is 170 Å². The zero-order valence-corrected chi connectivity index (χ0v) is 16.5. The average molecular weight is 385 g/mol. The second-order valence-electron chi connectivity index (χ2n) is 7.81. The Hall–Kier alpha value is -3.21. The third-order valence-electron chi connectivity index (χ3n) is 6.12. The van der Waals surface area contributed by atoms with E-state index in [4.69, 9.17) is 5.10 Å². The lowest BCUT2D eigenvalue weighted by Gasteiger charge is -2.22. The molecule has 0 fully saturated rings. The third-order valence-corrected chi connectivity index (χ3v) is 6.12. The number of amides is 1. The number of nitrogens with zero attached hydrogens (tertiary/aromatic N) is 3. The summed E-state index contributed by atoms with van der Waals surface area (Å²) in [6.07, 6.45) is 2.71. The first kappa shape index (κ1) is 17.9. The molecule has 1 aliphatic heterocycles. The maximum absolute atomic E-state index is 13.3. The Bertz CT molecular complexity index is 1110. The van der Waals surface area contributed by atoms with Crippen molar-refractivity contribution in [2.24, 2.45) is 7.05 Å². The molecular formula is C24H23N3O2. The quantitative estimate of drug-likeness (QED) is 0.679. The Morgan fingerprint density at radius 3 is 2.52 bits per heavy atom. The van der Waals surface area contributed by atoms with Crippen LogP contribution >= 0.6 is 0 Å². The first-order valence-corrected chi connectivity index (χ1v) is 10.2. The number of fused-ring (bicyclic) bond motifs is 2. The number of carbonyl (C=O) groups excluding carboxylic acids is 2. The Morgan fingerprint density at radius 2 is 1.69 bits per heavy atom. The van der Waals surface area contributed by atoms with Crippen molar-refractivity contribution in [3.05, 3.63) is 76.5 Å². The first-order chi connectivity index (χ1) is 14.1. The van der Waals surface area contributed by atoms with Crippen LogP contribution in [0, 0.1) is 0 Å². The van der Waals surface area contributed by atoms with E-state index in [-0.39, 0.29) is 11.7 Å². The lowest BCUT2D eigenvalue weighted by atomic mass is 10.0. The van der Waals surface area contributed by atoms with Crippen LogP contribution in [0.1, 0.15) is 44.0 Å². The fourth-order valence-corrected chi connectivity index (χ4v) is 4.71. The van der Waals surface area contributed by atoms with Crippen LogP contribution in [-0.4, -0.2) is 39.5 Å². The molecule has 0 atom stereocenters. The SMILES string of the molecule is Cn1nc2c(c1-c1ccccc1)CCN(C(=O)c1cccc3c1CCC3=O)CC2. The summed E-state index contributed by atoms with van der Waals surface area (Å²) in [4.78, 5) is 27.3. The van der Waals surface area contributed by atoms with Crippen LogP contribution in [0.25, 0.3) is 11.3 Å². The van der Waals surface area contributed by atoms with Crippen LogP contribution in [0.3, 0.4) is 0 Å². The van der Waals surface area contributed by atoms with Gasteiger partial charge in [0, 0.05) is 55.2 Å². The Morgan fingerprint density at radius 1 is 0.897 bits per heavy atom. The van der Waals surface area contributed by atoms with Crippen LogP contribution in [0.4, 0.5) is 0 Å². The Kier molecular flexibility index (Phi) is 4.31. The minimum Gasteiger partial charge on any atom is -0.338 e. The maximum Gasteiger partial charge on any atom is 0.254 e. The molecule has 0 bridgehead atoms. The minimum atomic E-state index is 0.0346. The van der Waals surface area contributed by atoms with E-state index >= 15 is 0 Å². The van der Waals surface area contributed by atoms with Crippen molar-refractivity contribution in [1.29, 1.82) is 0 Å². The van der Waals surface area contributed by atoms with Gasteiger partial charge in [-0.05, 0) is 24.5 Å². The van der Waals surface area contributed by atoms with Crippen molar-refractivity contribution >= 4 is 11.7 Å². The molecule has 3 aromatic rings. The fourth-order valence-electron chi connectivity index (χ4n) is 4.71. The summed E-state index contributed by atoms with van der Waals surface area (Å²) in [6.45, 7) is 1.31. The molecule has 146 valence electrons. The number of rotatable bonds is 2. The molecular weight excluding hydrogens is 362 g/mol. The topological polar surface area (TPSA) is 55.2 Å². The van der Waals surface area contributed by atoms with Gasteiger partial charge in [-0.25, -0.2) is 0 Å². The molecule has 2 aliphatic rings. The normalized spacial score (nSPS) is 15.8. The van der Waals surface area contributed by atoms with Crippen LogP contribution in [0.15, 0.2) is 48.5 Å². The first-order valence-electron chi connectivity index (χ1n) is 10.2. The molecule has 29 heavy (non-hydrogen) atoms. The van der Waals surface area contributed by atoms with Crippen molar-refractivity contribution in [1.82, 2.24) is 14.7 Å². The zero-order valence-electron chi connectivity index (χ0n) is 16.5. The molecule has 0 saturated heterocycles. The number of ketones is 1. The molecule has 0 saturated carbocycles. The van der Waals surface area contributed by atoms with E-state index in [2.05, 4.69) is 12.1 Å². The standard InChI is InChI=1S/C24H23N3O2/c1-26-23(16-6-3-2-4-7-16)20-12-14-27(15-13-21(20)25-26)24(29)19-9-5-8-18-17(19)10-11-22(18)28/h2-9H,10-15H2,1H3. The monoisotopic (exact) mass is 385 g/mol. The van der Waals surface area contributed by atoms with Gasteiger partial charge >= 0.3 is 0 Å². The molecule has 0 N–H and O–H groups in total. The number of carbonyl (C=O) groups is 2. The molecule has 1 aliphatic carbocycles. The number of hydrogen-bond donors (Lipinski definition) is 0. The predicted octanol–water partition coefficient (Wildman–Crippen LogP) is 3.46. The van der Waals surface area contributed by atoms with Crippen LogP contribution in [-0.2, 0) is 26.3 Å². The molecule has 2 heterocycles. The fraction of sp³-hybridized carbons (Fsp3) is 0.292. The summed E-state index contributed by atoms with van der Waals surface area (Å²) in [5, 5.41) is 4.76. The molecule has 1 amide bonds. The van der Waals surface area contributed by atoms with Gasteiger partial charge in [-0.15, -0.1) is 0 Å². The van der Waals surface area contributed by atoms with E-state index in [1.54, 1.807) is 0 Å². The van der Waals surface area contributed by atoms with Crippen LogP contribution < -0.4 is 0 Å². The summed E-state index contributed by atoms with van der Waals surface area (Å²) >= 11 is 0. The second-order valence-corrected chi connectivity index (χ2v) is 7.81. The second kappa shape index (κ2) is 6.99. The molecule has 0 unspecified atom stereocenters. The molecule has 0 radical (unpaired) electrons. The number of hydrogen-bond acceptors (Lipinski definition) is 3. The molecule has 1 aromatic heterocycles. The van der Waals surface area contributed by atoms with Gasteiger partial charge in [0.2, 0.25) is 0 Å². The van der Waals surface area contributed by atoms with Gasteiger partial charge in [0.25, 0.3) is 5.91 Å². The molecule has 5 nitrogen and oxygen atoms in total. The summed E-state index contributed by atoms with van der Waals surface area (Å²) in [6, 6.07) is 15.8. The number of aromatic nitrogens is 2. The maximum atomic E-state index is 13.3. The van der Waals surface area contributed by atoms with Gasteiger partial charge < -0.3 is 4.90 Å². The third kappa shape index (κ3) is 2.97. The van der Waals surface area contributed by atoms with Crippen molar-refractivity contribution in [2.45, 2.75) is 25.7 Å². The number of aryl methyl sites for hydroxylation is 1. The van der Waals surface area contributed by atoms with Crippen molar-refractivity contribution in [3.8, 4) is 11.3 Å². The average Bonchev–Trinajstić information content (AvgIpc) is 3.20. The highest BCUT2D eigenvalue weighted by Crippen LogP contribution is 2.30.